The van der Waals surface area contributed by atoms with Crippen molar-refractivity contribution in [3.8, 4) is 22.0 Å². The summed E-state index contributed by atoms with van der Waals surface area (Å²) in [5.74, 6) is -2.70. The van der Waals surface area contributed by atoms with E-state index in [2.05, 4.69) is 25.5 Å². The summed E-state index contributed by atoms with van der Waals surface area (Å²) < 4.78 is 43.0. The van der Waals surface area contributed by atoms with Crippen molar-refractivity contribution in [3.05, 3.63) is 53.6 Å². The van der Waals surface area contributed by atoms with E-state index in [1.165, 1.54) is 22.2 Å². The molecule has 1 saturated carbocycles. The van der Waals surface area contributed by atoms with Crippen LogP contribution in [0, 0.1) is 11.8 Å². The molecule has 4 aromatic heterocycles. The number of aromatic amines is 1. The summed E-state index contributed by atoms with van der Waals surface area (Å²) in [7, 11) is 0. The second-order valence-electron chi connectivity index (χ2n) is 10.8. The first-order chi connectivity index (χ1) is 20.5. The van der Waals surface area contributed by atoms with Crippen molar-refractivity contribution in [3.63, 3.8) is 0 Å². The minimum Gasteiger partial charge on any atom is -0.441 e. The first-order valence-corrected chi connectivity index (χ1v) is 14.7. The third-order valence-electron chi connectivity index (χ3n) is 6.99. The Kier molecular flexibility index (Phi) is 8.94. The predicted octanol–water partition coefficient (Wildman–Crippen LogP) is 3.97. The van der Waals surface area contributed by atoms with Crippen LogP contribution in [0.5, 0.6) is 0 Å². The Morgan fingerprint density at radius 2 is 2.00 bits per heavy atom. The van der Waals surface area contributed by atoms with E-state index in [4.69, 9.17) is 15.2 Å². The SMILES string of the molecule is CCOC1CCC([n+]2cc(NC(=O)c3csc(-c4cnn(COC(=O)C(C)(C)N)c4)n3)c(-c3nc(F)ccc3F)[nH]2)CC1. The molecular weight excluding hydrogens is 582 g/mol. The fraction of sp³-hybridized carbons (Fsp3) is 0.429. The molecule has 0 aromatic carbocycles. The van der Waals surface area contributed by atoms with E-state index in [-0.39, 0.29) is 41.6 Å². The number of anilines is 1. The number of thiazole rings is 1. The number of hydrogen-bond acceptors (Lipinski definition) is 9. The van der Waals surface area contributed by atoms with Gasteiger partial charge in [0.2, 0.25) is 12.1 Å². The zero-order valence-corrected chi connectivity index (χ0v) is 24.8. The maximum absolute atomic E-state index is 14.8. The monoisotopic (exact) mass is 615 g/mol. The van der Waals surface area contributed by atoms with Crippen molar-refractivity contribution < 1.29 is 32.5 Å². The number of carbonyl (C=O) groups excluding carboxylic acids is 2. The van der Waals surface area contributed by atoms with Crippen LogP contribution in [0.25, 0.3) is 22.0 Å². The molecule has 0 atom stereocenters. The Morgan fingerprint density at radius 3 is 2.72 bits per heavy atom. The smallest absolute Gasteiger partial charge is 0.327 e. The zero-order valence-electron chi connectivity index (χ0n) is 24.0. The number of nitrogens with two attached hydrogens (primary N) is 1. The fourth-order valence-electron chi connectivity index (χ4n) is 4.77. The van der Waals surface area contributed by atoms with E-state index in [1.54, 1.807) is 36.3 Å². The third kappa shape index (κ3) is 7.12. The topological polar surface area (TPSA) is 154 Å². The van der Waals surface area contributed by atoms with Crippen molar-refractivity contribution in [2.45, 2.75) is 70.9 Å². The van der Waals surface area contributed by atoms with Gasteiger partial charge in [-0.1, -0.05) is 0 Å². The molecule has 4 heterocycles. The first kappa shape index (κ1) is 30.4. The summed E-state index contributed by atoms with van der Waals surface area (Å²) >= 11 is 1.22. The molecule has 1 aliphatic carbocycles. The number of carbonyl (C=O) groups is 2. The summed E-state index contributed by atoms with van der Waals surface area (Å²) in [4.78, 5) is 33.4. The van der Waals surface area contributed by atoms with Crippen LogP contribution in [0.4, 0.5) is 14.5 Å². The standard InChI is InChI=1S/C28H32F2N8O4S/c1-4-41-18-7-5-17(6-8-18)38-13-20(24(36-38)23-19(29)9-10-22(30)35-23)33-25(39)21-14-43-26(34-21)16-11-32-37(12-16)15-42-27(40)28(2,3)31/h9-14,17-18H,4-8,15,31H2,1-3H3,(H,33,39)/p+1. The van der Waals surface area contributed by atoms with Crippen LogP contribution in [-0.2, 0) is 21.0 Å². The van der Waals surface area contributed by atoms with E-state index < -0.39 is 29.2 Å². The Balaban J connectivity index is 1.34. The van der Waals surface area contributed by atoms with Gasteiger partial charge in [-0.15, -0.1) is 16.0 Å². The van der Waals surface area contributed by atoms with Gasteiger partial charge in [-0.2, -0.15) is 14.6 Å². The number of aromatic nitrogens is 6. The minimum atomic E-state index is -1.13. The number of H-pyrrole nitrogens is 1. The highest BCUT2D eigenvalue weighted by Crippen LogP contribution is 2.31. The van der Waals surface area contributed by atoms with Crippen molar-refractivity contribution >= 4 is 28.9 Å². The number of hydrogen-bond donors (Lipinski definition) is 3. The summed E-state index contributed by atoms with van der Waals surface area (Å²) in [5.41, 5.74) is 5.47. The summed E-state index contributed by atoms with van der Waals surface area (Å²) in [6, 6.07) is 1.98. The fourth-order valence-corrected chi connectivity index (χ4v) is 5.54. The van der Waals surface area contributed by atoms with E-state index in [1.807, 2.05) is 6.92 Å². The summed E-state index contributed by atoms with van der Waals surface area (Å²) in [6.07, 6.45) is 8.38. The van der Waals surface area contributed by atoms with Crippen molar-refractivity contribution in [1.82, 2.24) is 24.8 Å². The molecule has 5 rings (SSSR count). The van der Waals surface area contributed by atoms with Crippen LogP contribution in [0.2, 0.25) is 0 Å². The normalized spacial score (nSPS) is 17.2. The summed E-state index contributed by atoms with van der Waals surface area (Å²) in [5, 5.41) is 12.2. The number of amides is 1. The van der Waals surface area contributed by atoms with E-state index in [0.29, 0.717) is 17.2 Å². The summed E-state index contributed by atoms with van der Waals surface area (Å²) in [6.45, 7) is 5.57. The third-order valence-corrected chi connectivity index (χ3v) is 7.88. The van der Waals surface area contributed by atoms with Crippen LogP contribution in [-0.4, -0.2) is 55.0 Å². The molecule has 0 aliphatic heterocycles. The molecular formula is C28H33F2N8O4S+. The van der Waals surface area contributed by atoms with E-state index in [9.17, 15) is 18.4 Å². The predicted molar refractivity (Wildman–Crippen MR) is 153 cm³/mol. The second kappa shape index (κ2) is 12.7. The van der Waals surface area contributed by atoms with Crippen LogP contribution in [0.1, 0.15) is 63.0 Å². The number of esters is 1. The average Bonchev–Trinajstić information content (AvgIpc) is 3.73. The molecule has 1 fully saturated rings. The quantitative estimate of drug-likeness (QED) is 0.138. The molecule has 0 unspecified atom stereocenters. The molecule has 43 heavy (non-hydrogen) atoms. The van der Waals surface area contributed by atoms with Gasteiger partial charge in [-0.25, -0.2) is 19.0 Å². The molecule has 0 saturated heterocycles. The van der Waals surface area contributed by atoms with Gasteiger partial charge in [-0.05, 0) is 45.7 Å². The Hall–Kier alpha value is -4.08. The van der Waals surface area contributed by atoms with Gasteiger partial charge >= 0.3 is 5.97 Å². The minimum absolute atomic E-state index is 0.0512. The van der Waals surface area contributed by atoms with Gasteiger partial charge in [0.05, 0.1) is 12.3 Å². The van der Waals surface area contributed by atoms with Crippen LogP contribution in [0.15, 0.2) is 36.1 Å². The number of rotatable bonds is 10. The average molecular weight is 616 g/mol. The Labute approximate surface area is 250 Å². The highest BCUT2D eigenvalue weighted by molar-refractivity contribution is 7.13. The molecule has 4 aromatic rings. The Morgan fingerprint density at radius 1 is 1.23 bits per heavy atom. The first-order valence-electron chi connectivity index (χ1n) is 13.9. The molecule has 0 radical (unpaired) electrons. The van der Waals surface area contributed by atoms with Gasteiger partial charge in [-0.3, -0.25) is 9.59 Å². The highest BCUT2D eigenvalue weighted by atomic mass is 32.1. The highest BCUT2D eigenvalue weighted by Gasteiger charge is 2.32. The van der Waals surface area contributed by atoms with E-state index in [0.717, 1.165) is 37.8 Å². The number of nitrogens with zero attached hydrogens (tertiary/aromatic N) is 5. The van der Waals surface area contributed by atoms with Gasteiger partial charge in [0.15, 0.2) is 24.3 Å². The maximum atomic E-state index is 14.8. The van der Waals surface area contributed by atoms with Crippen molar-refractivity contribution in [1.29, 1.82) is 0 Å². The lowest BCUT2D eigenvalue weighted by atomic mass is 9.93. The molecule has 4 N–H and O–H groups in total. The van der Waals surface area contributed by atoms with Gasteiger partial charge in [0.25, 0.3) is 5.91 Å². The molecule has 1 amide bonds. The maximum Gasteiger partial charge on any atom is 0.327 e. The van der Waals surface area contributed by atoms with Crippen LogP contribution < -0.4 is 15.7 Å². The molecule has 228 valence electrons. The number of pyridine rings is 1. The molecule has 0 bridgehead atoms. The number of halogens is 2. The molecule has 12 nitrogen and oxygen atoms in total. The van der Waals surface area contributed by atoms with Gasteiger partial charge in [0.1, 0.15) is 27.6 Å². The van der Waals surface area contributed by atoms with Crippen molar-refractivity contribution in [2.75, 3.05) is 11.9 Å². The second-order valence-corrected chi connectivity index (χ2v) is 11.7. The molecule has 15 heteroatoms. The van der Waals surface area contributed by atoms with Crippen molar-refractivity contribution in [2.24, 2.45) is 5.73 Å². The molecule has 1 aliphatic rings. The molecule has 0 spiro atoms. The van der Waals surface area contributed by atoms with Crippen LogP contribution in [0.3, 0.4) is 0 Å². The zero-order chi connectivity index (χ0) is 30.7. The number of nitrogens with one attached hydrogen (secondary N) is 2. The lowest BCUT2D eigenvalue weighted by Crippen LogP contribution is -2.43. The lowest BCUT2D eigenvalue weighted by molar-refractivity contribution is -0.775. The largest absolute Gasteiger partial charge is 0.441 e. The van der Waals surface area contributed by atoms with Gasteiger partial charge < -0.3 is 20.5 Å². The number of ether oxygens (including phenoxy) is 2. The van der Waals surface area contributed by atoms with Crippen LogP contribution >= 0.6 is 11.3 Å². The van der Waals surface area contributed by atoms with E-state index >= 15 is 0 Å². The lowest BCUT2D eigenvalue weighted by Gasteiger charge is -2.24. The Bertz CT molecular complexity index is 1600. The van der Waals surface area contributed by atoms with Gasteiger partial charge in [0, 0.05) is 36.6 Å².